The summed E-state index contributed by atoms with van der Waals surface area (Å²) in [5.74, 6) is 0. The molecule has 0 bridgehead atoms. The first kappa shape index (κ1) is 19.2. The molecule has 0 radical (unpaired) electrons. The standard InChI is InChI=1S/C17H21F3N6O/c1-24-11-13(9-22-24)12-25-5-2-6-26(8-7-25)16(27)23-14-3-4-15(21-10-14)17(18,19)20/h3-4,9-11H,2,5-8,12H2,1H3,(H,23,27). The molecule has 1 saturated heterocycles. The van der Waals surface area contributed by atoms with E-state index in [0.717, 1.165) is 37.3 Å². The Hall–Kier alpha value is -2.62. The van der Waals surface area contributed by atoms with Crippen LogP contribution in [0.5, 0.6) is 0 Å². The minimum atomic E-state index is -4.49. The maximum Gasteiger partial charge on any atom is 0.433 e. The Balaban J connectivity index is 1.53. The third-order valence-electron chi connectivity index (χ3n) is 4.35. The zero-order chi connectivity index (χ0) is 19.4. The van der Waals surface area contributed by atoms with Crippen LogP contribution in [0.4, 0.5) is 23.7 Å². The SMILES string of the molecule is Cn1cc(CN2CCCN(C(=O)Nc3ccc(C(F)(F)F)nc3)CC2)cn1. The molecule has 2 aromatic rings. The Morgan fingerprint density at radius 2 is 2.00 bits per heavy atom. The highest BCUT2D eigenvalue weighted by atomic mass is 19.4. The van der Waals surface area contributed by atoms with Crippen molar-refractivity contribution < 1.29 is 18.0 Å². The van der Waals surface area contributed by atoms with E-state index in [9.17, 15) is 18.0 Å². The fourth-order valence-electron chi connectivity index (χ4n) is 2.98. The maximum absolute atomic E-state index is 12.5. The molecule has 2 amide bonds. The summed E-state index contributed by atoms with van der Waals surface area (Å²) >= 11 is 0. The first-order valence-corrected chi connectivity index (χ1v) is 8.60. The Labute approximate surface area is 154 Å². The predicted octanol–water partition coefficient (Wildman–Crippen LogP) is 2.57. The van der Waals surface area contributed by atoms with Crippen LogP contribution in [-0.2, 0) is 19.8 Å². The van der Waals surface area contributed by atoms with Crippen molar-refractivity contribution in [1.29, 1.82) is 0 Å². The molecule has 2 aromatic heterocycles. The second kappa shape index (κ2) is 7.95. The highest BCUT2D eigenvalue weighted by Crippen LogP contribution is 2.27. The van der Waals surface area contributed by atoms with Crippen LogP contribution in [-0.4, -0.2) is 56.8 Å². The van der Waals surface area contributed by atoms with Gasteiger partial charge >= 0.3 is 12.2 Å². The second-order valence-electron chi connectivity index (χ2n) is 6.50. The largest absolute Gasteiger partial charge is 0.433 e. The fourth-order valence-corrected chi connectivity index (χ4v) is 2.98. The molecule has 1 aliphatic rings. The van der Waals surface area contributed by atoms with Crippen LogP contribution in [0, 0.1) is 0 Å². The number of pyridine rings is 1. The van der Waals surface area contributed by atoms with Crippen molar-refractivity contribution in [3.63, 3.8) is 0 Å². The number of hydrogen-bond acceptors (Lipinski definition) is 4. The van der Waals surface area contributed by atoms with Gasteiger partial charge in [-0.1, -0.05) is 0 Å². The van der Waals surface area contributed by atoms with E-state index in [0.29, 0.717) is 19.6 Å². The topological polar surface area (TPSA) is 66.3 Å². The van der Waals surface area contributed by atoms with Gasteiger partial charge < -0.3 is 10.2 Å². The Bertz CT molecular complexity index is 774. The first-order valence-electron chi connectivity index (χ1n) is 8.60. The van der Waals surface area contributed by atoms with Gasteiger partial charge in [0, 0.05) is 51.5 Å². The second-order valence-corrected chi connectivity index (χ2v) is 6.50. The smallest absolute Gasteiger partial charge is 0.323 e. The number of hydrogen-bond donors (Lipinski definition) is 1. The summed E-state index contributed by atoms with van der Waals surface area (Å²) in [6.45, 7) is 3.48. The molecule has 0 saturated carbocycles. The van der Waals surface area contributed by atoms with Gasteiger partial charge in [0.25, 0.3) is 0 Å². The molecule has 27 heavy (non-hydrogen) atoms. The Morgan fingerprint density at radius 3 is 2.63 bits per heavy atom. The first-order chi connectivity index (χ1) is 12.8. The summed E-state index contributed by atoms with van der Waals surface area (Å²) in [6.07, 6.45) is 1.14. The van der Waals surface area contributed by atoms with Gasteiger partial charge in [0.15, 0.2) is 0 Å². The maximum atomic E-state index is 12.5. The zero-order valence-electron chi connectivity index (χ0n) is 14.9. The van der Waals surface area contributed by atoms with Crippen LogP contribution in [0.25, 0.3) is 0 Å². The monoisotopic (exact) mass is 382 g/mol. The third-order valence-corrected chi connectivity index (χ3v) is 4.35. The predicted molar refractivity (Wildman–Crippen MR) is 92.9 cm³/mol. The lowest BCUT2D eigenvalue weighted by Crippen LogP contribution is -2.38. The summed E-state index contributed by atoms with van der Waals surface area (Å²) in [4.78, 5) is 19.7. The molecule has 7 nitrogen and oxygen atoms in total. The molecule has 3 heterocycles. The molecule has 0 atom stereocenters. The summed E-state index contributed by atoms with van der Waals surface area (Å²) in [5, 5.41) is 6.77. The van der Waals surface area contributed by atoms with E-state index in [1.165, 1.54) is 6.07 Å². The van der Waals surface area contributed by atoms with Gasteiger partial charge in [0.05, 0.1) is 18.1 Å². The van der Waals surface area contributed by atoms with Crippen LogP contribution in [0.2, 0.25) is 0 Å². The molecule has 10 heteroatoms. The van der Waals surface area contributed by atoms with E-state index < -0.39 is 11.9 Å². The summed E-state index contributed by atoms with van der Waals surface area (Å²) in [6, 6.07) is 1.73. The Morgan fingerprint density at radius 1 is 1.19 bits per heavy atom. The average molecular weight is 382 g/mol. The van der Waals surface area contributed by atoms with Crippen molar-refractivity contribution in [2.45, 2.75) is 19.1 Å². The minimum Gasteiger partial charge on any atom is -0.323 e. The number of carbonyl (C=O) groups excluding carboxylic acids is 1. The van der Waals surface area contributed by atoms with Crippen molar-refractivity contribution in [2.24, 2.45) is 7.05 Å². The number of urea groups is 1. The molecule has 0 aromatic carbocycles. The van der Waals surface area contributed by atoms with Crippen molar-refractivity contribution in [2.75, 3.05) is 31.5 Å². The molecule has 146 valence electrons. The number of halogens is 3. The number of alkyl halides is 3. The molecule has 0 spiro atoms. The lowest BCUT2D eigenvalue weighted by molar-refractivity contribution is -0.141. The van der Waals surface area contributed by atoms with Gasteiger partial charge in [-0.15, -0.1) is 0 Å². The average Bonchev–Trinajstić information content (AvgIpc) is 2.87. The number of anilines is 1. The van der Waals surface area contributed by atoms with E-state index in [4.69, 9.17) is 0 Å². The van der Waals surface area contributed by atoms with Crippen molar-refractivity contribution in [3.05, 3.63) is 42.0 Å². The summed E-state index contributed by atoms with van der Waals surface area (Å²) in [7, 11) is 1.87. The molecule has 0 unspecified atom stereocenters. The highest BCUT2D eigenvalue weighted by Gasteiger charge is 2.32. The summed E-state index contributed by atoms with van der Waals surface area (Å²) < 4.78 is 39.4. The number of aromatic nitrogens is 3. The summed E-state index contributed by atoms with van der Waals surface area (Å²) in [5.41, 5.74) is 0.372. The van der Waals surface area contributed by atoms with E-state index in [2.05, 4.69) is 20.3 Å². The zero-order valence-corrected chi connectivity index (χ0v) is 14.9. The molecule has 0 aliphatic carbocycles. The van der Waals surface area contributed by atoms with E-state index in [1.807, 2.05) is 19.4 Å². The number of nitrogens with zero attached hydrogens (tertiary/aromatic N) is 5. The van der Waals surface area contributed by atoms with Gasteiger partial charge in [0.2, 0.25) is 0 Å². The minimum absolute atomic E-state index is 0.240. The number of nitrogens with one attached hydrogen (secondary N) is 1. The lowest BCUT2D eigenvalue weighted by atomic mass is 10.3. The van der Waals surface area contributed by atoms with Gasteiger partial charge in [-0.05, 0) is 18.6 Å². The van der Waals surface area contributed by atoms with Crippen LogP contribution >= 0.6 is 0 Å². The number of carbonyl (C=O) groups is 1. The third kappa shape index (κ3) is 5.19. The molecule has 1 aliphatic heterocycles. The van der Waals surface area contributed by atoms with Gasteiger partial charge in [-0.25, -0.2) is 9.78 Å². The quantitative estimate of drug-likeness (QED) is 0.886. The van der Waals surface area contributed by atoms with Crippen molar-refractivity contribution in [1.82, 2.24) is 24.6 Å². The van der Waals surface area contributed by atoms with E-state index >= 15 is 0 Å². The van der Waals surface area contributed by atoms with E-state index in [1.54, 1.807) is 9.58 Å². The molecule has 3 rings (SSSR count). The van der Waals surface area contributed by atoms with E-state index in [-0.39, 0.29) is 11.7 Å². The number of amides is 2. The van der Waals surface area contributed by atoms with Crippen LogP contribution < -0.4 is 5.32 Å². The van der Waals surface area contributed by atoms with Gasteiger partial charge in [-0.3, -0.25) is 9.58 Å². The van der Waals surface area contributed by atoms with Crippen LogP contribution in [0.15, 0.2) is 30.7 Å². The lowest BCUT2D eigenvalue weighted by Gasteiger charge is -2.22. The van der Waals surface area contributed by atoms with Crippen molar-refractivity contribution in [3.8, 4) is 0 Å². The van der Waals surface area contributed by atoms with Crippen LogP contribution in [0.3, 0.4) is 0 Å². The van der Waals surface area contributed by atoms with Gasteiger partial charge in [-0.2, -0.15) is 18.3 Å². The van der Waals surface area contributed by atoms with Crippen molar-refractivity contribution >= 4 is 11.7 Å². The molecular formula is C17H21F3N6O. The highest BCUT2D eigenvalue weighted by molar-refractivity contribution is 5.89. The number of aryl methyl sites for hydroxylation is 1. The molecule has 1 N–H and O–H groups in total. The Kier molecular flexibility index (Phi) is 5.64. The van der Waals surface area contributed by atoms with Crippen LogP contribution in [0.1, 0.15) is 17.7 Å². The fraction of sp³-hybridized carbons (Fsp3) is 0.471. The van der Waals surface area contributed by atoms with Gasteiger partial charge in [0.1, 0.15) is 5.69 Å². The number of rotatable bonds is 3. The normalized spacial score (nSPS) is 16.2. The molecular weight excluding hydrogens is 361 g/mol. The molecule has 1 fully saturated rings.